The van der Waals surface area contributed by atoms with Gasteiger partial charge in [-0.15, -0.1) is 0 Å². The van der Waals surface area contributed by atoms with E-state index in [-0.39, 0.29) is 12.5 Å². The summed E-state index contributed by atoms with van der Waals surface area (Å²) in [6, 6.07) is 24.1. The van der Waals surface area contributed by atoms with E-state index in [1.807, 2.05) is 82.4 Å². The molecule has 212 valence electrons. The topological polar surface area (TPSA) is 107 Å². The lowest BCUT2D eigenvalue weighted by atomic mass is 10.0. The van der Waals surface area contributed by atoms with E-state index >= 15 is 0 Å². The molecule has 1 saturated heterocycles. The SMILES string of the molecule is COc1ccc(C(C(=O)NCC(=O)Nc2nc(-c3ccccc3)cn2-c2ccccc2)N2CCOCC2)cc1OC. The molecule has 2 N–H and O–H groups in total. The van der Waals surface area contributed by atoms with Crippen LogP contribution in [0.4, 0.5) is 5.95 Å². The highest BCUT2D eigenvalue weighted by atomic mass is 16.5. The molecule has 1 fully saturated rings. The second-order valence-electron chi connectivity index (χ2n) is 9.45. The van der Waals surface area contributed by atoms with Crippen LogP contribution in [0, 0.1) is 0 Å². The number of anilines is 1. The number of carbonyl (C=O) groups is 2. The summed E-state index contributed by atoms with van der Waals surface area (Å²) in [6.07, 6.45) is 1.88. The lowest BCUT2D eigenvalue weighted by molar-refractivity contribution is -0.130. The molecular weight excluding hydrogens is 522 g/mol. The van der Waals surface area contributed by atoms with Crippen molar-refractivity contribution in [3.63, 3.8) is 0 Å². The molecule has 41 heavy (non-hydrogen) atoms. The zero-order valence-electron chi connectivity index (χ0n) is 23.1. The number of ether oxygens (including phenoxy) is 3. The number of carbonyl (C=O) groups excluding carboxylic acids is 2. The lowest BCUT2D eigenvalue weighted by Gasteiger charge is -2.34. The summed E-state index contributed by atoms with van der Waals surface area (Å²) in [4.78, 5) is 33.4. The molecule has 1 aliphatic rings. The van der Waals surface area contributed by atoms with Gasteiger partial charge in [0, 0.05) is 30.5 Å². The predicted octanol–water partition coefficient (Wildman–Crippen LogP) is 3.68. The van der Waals surface area contributed by atoms with E-state index < -0.39 is 11.9 Å². The lowest BCUT2D eigenvalue weighted by Crippen LogP contribution is -2.47. The van der Waals surface area contributed by atoms with Gasteiger partial charge >= 0.3 is 0 Å². The number of aromatic nitrogens is 2. The standard InChI is InChI=1S/C31H33N5O5/c1-39-26-14-13-23(19-27(26)40-2)29(35-15-17-41-18-16-35)30(38)32-20-28(37)34-31-33-25(22-9-5-3-6-10-22)21-36(31)24-11-7-4-8-12-24/h3-14,19,21,29H,15-18,20H2,1-2H3,(H,32,38)(H,33,34,37). The predicted molar refractivity (Wildman–Crippen MR) is 155 cm³/mol. The van der Waals surface area contributed by atoms with Crippen molar-refractivity contribution >= 4 is 17.8 Å². The van der Waals surface area contributed by atoms with E-state index in [9.17, 15) is 9.59 Å². The zero-order chi connectivity index (χ0) is 28.6. The fourth-order valence-electron chi connectivity index (χ4n) is 4.82. The van der Waals surface area contributed by atoms with Gasteiger partial charge in [-0.2, -0.15) is 0 Å². The first-order valence-corrected chi connectivity index (χ1v) is 13.4. The summed E-state index contributed by atoms with van der Waals surface area (Å²) in [7, 11) is 3.12. The molecule has 1 aromatic heterocycles. The fraction of sp³-hybridized carbons (Fsp3) is 0.258. The Labute approximate surface area is 238 Å². The molecular formula is C31H33N5O5. The van der Waals surface area contributed by atoms with Crippen LogP contribution in [0.15, 0.2) is 85.1 Å². The van der Waals surface area contributed by atoms with E-state index in [0.29, 0.717) is 43.8 Å². The molecule has 0 bridgehead atoms. The fourth-order valence-corrected chi connectivity index (χ4v) is 4.82. The molecule has 0 saturated carbocycles. The number of para-hydroxylation sites is 1. The van der Waals surface area contributed by atoms with Crippen molar-refractivity contribution in [3.05, 3.63) is 90.6 Å². The molecule has 1 unspecified atom stereocenters. The van der Waals surface area contributed by atoms with Crippen molar-refractivity contribution in [2.75, 3.05) is 52.4 Å². The van der Waals surface area contributed by atoms with E-state index in [0.717, 1.165) is 22.5 Å². The van der Waals surface area contributed by atoms with Crippen LogP contribution in [-0.2, 0) is 14.3 Å². The van der Waals surface area contributed by atoms with Gasteiger partial charge < -0.3 is 19.5 Å². The summed E-state index contributed by atoms with van der Waals surface area (Å²) in [6.45, 7) is 1.97. The van der Waals surface area contributed by atoms with Crippen LogP contribution in [0.5, 0.6) is 11.5 Å². The number of imidazole rings is 1. The number of benzene rings is 3. The number of hydrogen-bond donors (Lipinski definition) is 2. The highest BCUT2D eigenvalue weighted by molar-refractivity contribution is 5.95. The first-order chi connectivity index (χ1) is 20.1. The number of hydrogen-bond acceptors (Lipinski definition) is 7. The van der Waals surface area contributed by atoms with Crippen LogP contribution >= 0.6 is 0 Å². The zero-order valence-corrected chi connectivity index (χ0v) is 23.1. The largest absolute Gasteiger partial charge is 0.493 e. The van der Waals surface area contributed by atoms with Crippen LogP contribution in [0.25, 0.3) is 16.9 Å². The third-order valence-electron chi connectivity index (χ3n) is 6.87. The Morgan fingerprint density at radius 2 is 1.61 bits per heavy atom. The molecule has 4 aromatic rings. The van der Waals surface area contributed by atoms with Crippen molar-refractivity contribution in [1.82, 2.24) is 19.8 Å². The van der Waals surface area contributed by atoms with Crippen LogP contribution in [0.3, 0.4) is 0 Å². The van der Waals surface area contributed by atoms with E-state index in [4.69, 9.17) is 14.2 Å². The van der Waals surface area contributed by atoms with Gasteiger partial charge in [0.1, 0.15) is 6.04 Å². The summed E-state index contributed by atoms with van der Waals surface area (Å²) < 4.78 is 18.2. The first kappa shape index (κ1) is 27.9. The molecule has 1 aliphatic heterocycles. The highest BCUT2D eigenvalue weighted by Crippen LogP contribution is 2.32. The maximum absolute atomic E-state index is 13.6. The van der Waals surface area contributed by atoms with Gasteiger partial charge in [0.25, 0.3) is 0 Å². The first-order valence-electron chi connectivity index (χ1n) is 13.4. The Morgan fingerprint density at radius 1 is 0.927 bits per heavy atom. The number of rotatable bonds is 10. The minimum atomic E-state index is -0.637. The van der Waals surface area contributed by atoms with Gasteiger partial charge in [-0.1, -0.05) is 54.6 Å². The third kappa shape index (κ3) is 6.56. The Balaban J connectivity index is 1.34. The molecule has 2 amide bonds. The second kappa shape index (κ2) is 13.1. The summed E-state index contributed by atoms with van der Waals surface area (Å²) in [5.41, 5.74) is 3.22. The van der Waals surface area contributed by atoms with Crippen LogP contribution in [-0.4, -0.2) is 73.3 Å². The van der Waals surface area contributed by atoms with Gasteiger partial charge in [0.15, 0.2) is 11.5 Å². The van der Waals surface area contributed by atoms with Gasteiger partial charge in [-0.25, -0.2) is 4.98 Å². The Hall–Kier alpha value is -4.67. The van der Waals surface area contributed by atoms with Crippen molar-refractivity contribution in [1.29, 1.82) is 0 Å². The Kier molecular flexibility index (Phi) is 8.92. The van der Waals surface area contributed by atoms with E-state index in [1.54, 1.807) is 26.4 Å². The number of amides is 2. The van der Waals surface area contributed by atoms with Gasteiger partial charge in [-0.05, 0) is 29.8 Å². The summed E-state index contributed by atoms with van der Waals surface area (Å²) >= 11 is 0. The quantitative estimate of drug-likeness (QED) is 0.307. The maximum Gasteiger partial charge on any atom is 0.246 e. The van der Waals surface area contributed by atoms with Crippen LogP contribution in [0.1, 0.15) is 11.6 Å². The number of morpholine rings is 1. The number of methoxy groups -OCH3 is 2. The molecule has 3 aromatic carbocycles. The average Bonchev–Trinajstić information content (AvgIpc) is 3.45. The van der Waals surface area contributed by atoms with Gasteiger partial charge in [0.2, 0.25) is 17.8 Å². The minimum Gasteiger partial charge on any atom is -0.493 e. The van der Waals surface area contributed by atoms with Gasteiger partial charge in [0.05, 0.1) is 39.7 Å². The molecule has 10 heteroatoms. The van der Waals surface area contributed by atoms with Crippen LogP contribution < -0.4 is 20.1 Å². The number of nitrogens with zero attached hydrogens (tertiary/aromatic N) is 3. The normalized spacial score (nSPS) is 14.2. The molecule has 0 aliphatic carbocycles. The smallest absolute Gasteiger partial charge is 0.246 e. The van der Waals surface area contributed by atoms with Gasteiger partial charge in [-0.3, -0.25) is 24.4 Å². The van der Waals surface area contributed by atoms with E-state index in [1.165, 1.54) is 0 Å². The number of nitrogens with one attached hydrogen (secondary N) is 2. The minimum absolute atomic E-state index is 0.227. The molecule has 5 rings (SSSR count). The molecule has 0 radical (unpaired) electrons. The average molecular weight is 556 g/mol. The summed E-state index contributed by atoms with van der Waals surface area (Å²) in [5, 5.41) is 5.69. The Morgan fingerprint density at radius 3 is 2.29 bits per heavy atom. The monoisotopic (exact) mass is 555 g/mol. The maximum atomic E-state index is 13.6. The van der Waals surface area contributed by atoms with E-state index in [2.05, 4.69) is 15.6 Å². The summed E-state index contributed by atoms with van der Waals surface area (Å²) in [5.74, 6) is 0.759. The second-order valence-corrected chi connectivity index (χ2v) is 9.45. The molecule has 1 atom stereocenters. The van der Waals surface area contributed by atoms with Crippen molar-refractivity contribution in [2.45, 2.75) is 6.04 Å². The van der Waals surface area contributed by atoms with Crippen molar-refractivity contribution < 1.29 is 23.8 Å². The molecule has 2 heterocycles. The van der Waals surface area contributed by atoms with Crippen molar-refractivity contribution in [2.24, 2.45) is 0 Å². The molecule has 10 nitrogen and oxygen atoms in total. The third-order valence-corrected chi connectivity index (χ3v) is 6.87. The van der Waals surface area contributed by atoms with Crippen LogP contribution in [0.2, 0.25) is 0 Å². The Bertz CT molecular complexity index is 1470. The highest BCUT2D eigenvalue weighted by Gasteiger charge is 2.30. The van der Waals surface area contributed by atoms with Crippen molar-refractivity contribution in [3.8, 4) is 28.4 Å². The molecule has 0 spiro atoms.